The second kappa shape index (κ2) is 11.5. The molecule has 2 aromatic heterocycles. The number of phosphoric acid groups is 1. The van der Waals surface area contributed by atoms with E-state index in [1.54, 1.807) is 19.2 Å². The minimum Gasteiger partial charge on any atom is -0.790 e. The number of hydrogen-bond acceptors (Lipinski definition) is 10. The second-order valence-electron chi connectivity index (χ2n) is 6.58. The van der Waals surface area contributed by atoms with E-state index in [4.69, 9.17) is 4.74 Å². The number of cyclic esters (lactones) is 1. The van der Waals surface area contributed by atoms with Crippen LogP contribution in [0.4, 0.5) is 14.9 Å². The van der Waals surface area contributed by atoms with Gasteiger partial charge in [-0.25, -0.2) is 13.9 Å². The first-order valence-electron chi connectivity index (χ1n) is 8.85. The first-order chi connectivity index (χ1) is 14.7. The van der Waals surface area contributed by atoms with Crippen LogP contribution in [0.5, 0.6) is 0 Å². The topological polar surface area (TPSA) is 158 Å². The first kappa shape index (κ1) is 28.0. The number of phosphoric ester groups is 1. The number of hydrogen-bond donors (Lipinski definition) is 0. The molecule has 0 bridgehead atoms. The molecule has 1 aliphatic rings. The van der Waals surface area contributed by atoms with Crippen LogP contribution in [0.15, 0.2) is 36.5 Å². The number of anilines is 1. The summed E-state index contributed by atoms with van der Waals surface area (Å²) >= 11 is 0. The van der Waals surface area contributed by atoms with Crippen molar-refractivity contribution in [2.45, 2.75) is 6.10 Å². The Balaban J connectivity index is 0.00000193. The molecule has 0 unspecified atom stereocenters. The Labute approximate surface area is 231 Å². The average molecular weight is 494 g/mol. The van der Waals surface area contributed by atoms with Gasteiger partial charge in [0, 0.05) is 24.4 Å². The van der Waals surface area contributed by atoms with Gasteiger partial charge in [0.05, 0.1) is 26.7 Å². The van der Waals surface area contributed by atoms with Crippen LogP contribution in [0.1, 0.15) is 0 Å². The van der Waals surface area contributed by atoms with Gasteiger partial charge >= 0.3 is 65.2 Å². The molecule has 33 heavy (non-hydrogen) atoms. The van der Waals surface area contributed by atoms with Gasteiger partial charge in [-0.2, -0.15) is 0 Å². The Hall–Kier alpha value is -1.25. The number of rotatable bonds is 6. The summed E-state index contributed by atoms with van der Waals surface area (Å²) in [4.78, 5) is 38.5. The van der Waals surface area contributed by atoms with Crippen molar-refractivity contribution in [3.05, 3.63) is 42.3 Å². The Morgan fingerprint density at radius 1 is 1.27 bits per heavy atom. The minimum absolute atomic E-state index is 0. The number of carbonyl (C=O) groups excluding carboxylic acids is 1. The first-order valence-corrected chi connectivity index (χ1v) is 10.3. The van der Waals surface area contributed by atoms with E-state index in [1.807, 2.05) is 0 Å². The molecule has 0 aliphatic carbocycles. The number of nitrogens with zero attached hydrogens (tertiary/aromatic N) is 6. The third-order valence-corrected chi connectivity index (χ3v) is 4.95. The molecule has 0 spiro atoms. The van der Waals surface area contributed by atoms with Crippen molar-refractivity contribution in [2.24, 2.45) is 7.05 Å². The van der Waals surface area contributed by atoms with Crippen molar-refractivity contribution < 1.29 is 91.9 Å². The molecule has 3 aromatic rings. The predicted molar refractivity (Wildman–Crippen MR) is 98.6 cm³/mol. The fourth-order valence-corrected chi connectivity index (χ4v) is 3.38. The molecule has 12 nitrogen and oxygen atoms in total. The van der Waals surface area contributed by atoms with Crippen molar-refractivity contribution >= 4 is 19.6 Å². The molecule has 0 radical (unpaired) electrons. The van der Waals surface area contributed by atoms with E-state index < -0.39 is 32.4 Å². The van der Waals surface area contributed by atoms with Gasteiger partial charge in [0.2, 0.25) is 0 Å². The SMILES string of the molecule is Cn1nnnc1-c1ccc(-c2ccc(N3C[C@H](COP(=O)([O-])[O-])OC3=O)cc2F)cn1.[Na+].[Na+]. The minimum atomic E-state index is -5.19. The third kappa shape index (κ3) is 6.67. The zero-order chi connectivity index (χ0) is 22.2. The summed E-state index contributed by atoms with van der Waals surface area (Å²) in [5.41, 5.74) is 1.47. The summed E-state index contributed by atoms with van der Waals surface area (Å²) in [6.45, 7) is -0.703. The summed E-state index contributed by atoms with van der Waals surface area (Å²) in [5.74, 6) is -0.151. The number of pyridine rings is 1. The van der Waals surface area contributed by atoms with Crippen molar-refractivity contribution in [1.29, 1.82) is 0 Å². The molecule has 1 aromatic carbocycles. The summed E-state index contributed by atoms with van der Waals surface area (Å²) in [7, 11) is -3.52. The van der Waals surface area contributed by atoms with Gasteiger partial charge in [-0.15, -0.1) is 5.10 Å². The van der Waals surface area contributed by atoms with Crippen molar-refractivity contribution in [3.8, 4) is 22.6 Å². The Morgan fingerprint density at radius 3 is 2.61 bits per heavy atom. The number of halogens is 1. The fourth-order valence-electron chi connectivity index (χ4n) is 3.03. The number of amides is 1. The summed E-state index contributed by atoms with van der Waals surface area (Å²) < 4.78 is 35.9. The molecule has 4 rings (SSSR count). The van der Waals surface area contributed by atoms with Gasteiger partial charge in [0.1, 0.15) is 17.6 Å². The van der Waals surface area contributed by atoms with Gasteiger partial charge < -0.3 is 23.6 Å². The number of carbonyl (C=O) groups is 1. The standard InChI is InChI=1S/C17H16FN6O6P.2Na/c1-23-16(20-21-22-23)15-5-2-10(7-19-15)13-4-3-11(6-14(13)18)24-8-12(30-17(24)25)9-29-31(26,27)28;;/h2-7,12H,8-9H2,1H3,(H2,26,27,28);;/q;2*+1/p-2/t12-;;/m1../s1. The van der Waals surface area contributed by atoms with E-state index in [-0.39, 0.29) is 76.9 Å². The molecular formula is C17H14FN6Na2O6P. The number of tetrazole rings is 1. The predicted octanol–water partition coefficient (Wildman–Crippen LogP) is -5.74. The maximum atomic E-state index is 14.8. The Kier molecular flexibility index (Phi) is 9.71. The number of aromatic nitrogens is 5. The molecule has 1 atom stereocenters. The molecule has 1 fully saturated rings. The smallest absolute Gasteiger partial charge is 0.790 e. The van der Waals surface area contributed by atoms with Crippen LogP contribution in [0.3, 0.4) is 0 Å². The summed E-state index contributed by atoms with van der Waals surface area (Å²) in [6, 6.07) is 7.45. The molecular weight excluding hydrogens is 480 g/mol. The number of ether oxygens (including phenoxy) is 1. The van der Waals surface area contributed by atoms with Crippen LogP contribution in [-0.4, -0.2) is 50.5 Å². The van der Waals surface area contributed by atoms with Crippen LogP contribution in [0.2, 0.25) is 0 Å². The molecule has 0 N–H and O–H groups in total. The van der Waals surface area contributed by atoms with Crippen molar-refractivity contribution in [3.63, 3.8) is 0 Å². The molecule has 0 saturated carbocycles. The average Bonchev–Trinajstić information content (AvgIpc) is 3.31. The van der Waals surface area contributed by atoms with Gasteiger partial charge in [0.15, 0.2) is 5.82 Å². The van der Waals surface area contributed by atoms with E-state index in [9.17, 15) is 23.5 Å². The monoisotopic (exact) mass is 494 g/mol. The van der Waals surface area contributed by atoms with Crippen LogP contribution in [0.25, 0.3) is 22.6 Å². The van der Waals surface area contributed by atoms with E-state index in [1.165, 1.54) is 23.0 Å². The number of aryl methyl sites for hydroxylation is 1. The van der Waals surface area contributed by atoms with Crippen LogP contribution < -0.4 is 73.8 Å². The van der Waals surface area contributed by atoms with Crippen molar-refractivity contribution in [1.82, 2.24) is 25.2 Å². The fraction of sp³-hybridized carbons (Fsp3) is 0.235. The molecule has 1 aliphatic heterocycles. The van der Waals surface area contributed by atoms with Gasteiger partial charge in [-0.3, -0.25) is 9.88 Å². The maximum Gasteiger partial charge on any atom is 1.00 e. The second-order valence-corrected chi connectivity index (χ2v) is 7.73. The van der Waals surface area contributed by atoms with E-state index in [2.05, 4.69) is 25.0 Å². The molecule has 162 valence electrons. The maximum absolute atomic E-state index is 14.8. The summed E-state index contributed by atoms with van der Waals surface area (Å²) in [5, 5.41) is 11.1. The molecule has 3 heterocycles. The van der Waals surface area contributed by atoms with E-state index in [0.717, 1.165) is 11.0 Å². The molecule has 1 saturated heterocycles. The van der Waals surface area contributed by atoms with Crippen molar-refractivity contribution in [2.75, 3.05) is 18.1 Å². The van der Waals surface area contributed by atoms with E-state index in [0.29, 0.717) is 17.1 Å². The Morgan fingerprint density at radius 2 is 2.03 bits per heavy atom. The molecule has 1 amide bonds. The zero-order valence-corrected chi connectivity index (χ0v) is 22.8. The van der Waals surface area contributed by atoms with Gasteiger partial charge in [-0.1, -0.05) is 6.07 Å². The quantitative estimate of drug-likeness (QED) is 0.239. The van der Waals surface area contributed by atoms with E-state index >= 15 is 0 Å². The molecule has 16 heteroatoms. The third-order valence-electron chi connectivity index (χ3n) is 4.48. The zero-order valence-electron chi connectivity index (χ0n) is 17.9. The summed E-state index contributed by atoms with van der Waals surface area (Å²) in [6.07, 6.45) is -0.307. The van der Waals surface area contributed by atoms with Gasteiger partial charge in [0.25, 0.3) is 0 Å². The number of benzene rings is 1. The van der Waals surface area contributed by atoms with Crippen LogP contribution >= 0.6 is 7.82 Å². The Bertz CT molecular complexity index is 1180. The largest absolute Gasteiger partial charge is 1.00 e. The normalized spacial score (nSPS) is 15.6. The van der Waals surface area contributed by atoms with Crippen LogP contribution in [-0.2, 0) is 20.9 Å². The van der Waals surface area contributed by atoms with Crippen LogP contribution in [0, 0.1) is 5.82 Å². The van der Waals surface area contributed by atoms with Gasteiger partial charge in [-0.05, 0) is 34.7 Å².